The van der Waals surface area contributed by atoms with Crippen LogP contribution >= 0.6 is 0 Å². The molecule has 0 bridgehead atoms. The van der Waals surface area contributed by atoms with Crippen molar-refractivity contribution in [3.05, 3.63) is 0 Å². The van der Waals surface area contributed by atoms with Gasteiger partial charge in [0.15, 0.2) is 0 Å². The molecule has 1 atom stereocenters. The maximum Gasteiger partial charge on any atom is 0.0655 e. The van der Waals surface area contributed by atoms with E-state index in [-0.39, 0.29) is 0 Å². The number of hydrogen-bond acceptors (Lipinski definition) is 1. The quantitative estimate of drug-likeness (QED) is 0.566. The summed E-state index contributed by atoms with van der Waals surface area (Å²) in [5, 5.41) is 8.50. The molecule has 0 heterocycles. The van der Waals surface area contributed by atoms with Gasteiger partial charge in [0.25, 0.3) is 0 Å². The molecule has 0 saturated heterocycles. The molecule has 0 aromatic rings. The van der Waals surface area contributed by atoms with Gasteiger partial charge < -0.3 is 0 Å². The second-order valence-corrected chi connectivity index (χ2v) is 2.38. The Morgan fingerprint density at radius 1 is 1.44 bits per heavy atom. The summed E-state index contributed by atoms with van der Waals surface area (Å²) in [6.45, 7) is 4.23. The lowest BCUT2D eigenvalue weighted by molar-refractivity contribution is 0.551. The van der Waals surface area contributed by atoms with Gasteiger partial charge in [0.2, 0.25) is 0 Å². The molecule has 9 heavy (non-hydrogen) atoms. The lowest BCUT2D eigenvalue weighted by Crippen LogP contribution is -1.93. The minimum Gasteiger partial charge on any atom is -0.198 e. The van der Waals surface area contributed by atoms with Crippen LogP contribution < -0.4 is 0 Å². The van der Waals surface area contributed by atoms with Gasteiger partial charge in [0, 0.05) is 5.92 Å². The molecule has 1 nitrogen and oxygen atoms in total. The highest BCUT2D eigenvalue weighted by molar-refractivity contribution is 4.80. The van der Waals surface area contributed by atoms with Crippen LogP contribution in [-0.2, 0) is 0 Å². The van der Waals surface area contributed by atoms with E-state index in [1.807, 2.05) is 0 Å². The zero-order chi connectivity index (χ0) is 7.11. The maximum atomic E-state index is 8.50. The number of nitrogens with zero attached hydrogens (tertiary/aromatic N) is 1. The standard InChI is InChI=1S/C8H15N/c1-3-5-6-8(4-2)7-9/h8H,3-6H2,1-2H3/t8-/m1/s1. The predicted molar refractivity (Wildman–Crippen MR) is 38.9 cm³/mol. The summed E-state index contributed by atoms with van der Waals surface area (Å²) in [6.07, 6.45) is 4.50. The van der Waals surface area contributed by atoms with Crippen LogP contribution in [0.4, 0.5) is 0 Å². The molecule has 0 fully saturated rings. The summed E-state index contributed by atoms with van der Waals surface area (Å²) in [5.74, 6) is 0.310. The lowest BCUT2D eigenvalue weighted by atomic mass is 10.0. The smallest absolute Gasteiger partial charge is 0.0655 e. The molecule has 0 radical (unpaired) electrons. The van der Waals surface area contributed by atoms with Crippen LogP contribution in [0, 0.1) is 17.2 Å². The van der Waals surface area contributed by atoms with E-state index in [9.17, 15) is 0 Å². The molecule has 0 N–H and O–H groups in total. The van der Waals surface area contributed by atoms with Gasteiger partial charge in [0.05, 0.1) is 6.07 Å². The fourth-order valence-electron chi connectivity index (χ4n) is 0.810. The van der Waals surface area contributed by atoms with Gasteiger partial charge in [-0.3, -0.25) is 0 Å². The molecule has 52 valence electrons. The van der Waals surface area contributed by atoms with Crippen LogP contribution in [0.5, 0.6) is 0 Å². The van der Waals surface area contributed by atoms with Crippen molar-refractivity contribution in [2.75, 3.05) is 0 Å². The summed E-state index contributed by atoms with van der Waals surface area (Å²) in [7, 11) is 0. The molecule has 0 amide bonds. The molecular formula is C8H15N. The van der Waals surface area contributed by atoms with Crippen molar-refractivity contribution < 1.29 is 0 Å². The Balaban J connectivity index is 3.23. The minimum absolute atomic E-state index is 0.310. The fourth-order valence-corrected chi connectivity index (χ4v) is 0.810. The Labute approximate surface area is 57.7 Å². The van der Waals surface area contributed by atoms with E-state index in [2.05, 4.69) is 19.9 Å². The second kappa shape index (κ2) is 5.62. The van der Waals surface area contributed by atoms with Crippen molar-refractivity contribution in [3.8, 4) is 6.07 Å². The Kier molecular flexibility index (Phi) is 5.30. The number of nitriles is 1. The summed E-state index contributed by atoms with van der Waals surface area (Å²) in [5.41, 5.74) is 0. The van der Waals surface area contributed by atoms with Gasteiger partial charge in [-0.05, 0) is 12.8 Å². The first-order chi connectivity index (χ1) is 4.35. The molecule has 0 spiro atoms. The number of rotatable bonds is 4. The van der Waals surface area contributed by atoms with Crippen molar-refractivity contribution in [2.45, 2.75) is 39.5 Å². The molecule has 0 aliphatic carbocycles. The van der Waals surface area contributed by atoms with Gasteiger partial charge >= 0.3 is 0 Å². The van der Waals surface area contributed by atoms with Crippen LogP contribution in [0.15, 0.2) is 0 Å². The lowest BCUT2D eigenvalue weighted by Gasteiger charge is -2.01. The van der Waals surface area contributed by atoms with Gasteiger partial charge in [-0.1, -0.05) is 26.7 Å². The molecule has 0 aliphatic heterocycles. The Bertz CT molecular complexity index is 91.2. The topological polar surface area (TPSA) is 23.8 Å². The third kappa shape index (κ3) is 4.02. The molecule has 0 saturated carbocycles. The highest BCUT2D eigenvalue weighted by Gasteiger charge is 2.00. The minimum atomic E-state index is 0.310. The predicted octanol–water partition coefficient (Wildman–Crippen LogP) is 2.73. The van der Waals surface area contributed by atoms with E-state index in [0.717, 1.165) is 12.8 Å². The normalized spacial score (nSPS) is 12.6. The SMILES string of the molecule is CCCC[C@H](C#N)CC. The molecule has 0 aromatic heterocycles. The van der Waals surface area contributed by atoms with Gasteiger partial charge in [-0.15, -0.1) is 0 Å². The number of hydrogen-bond donors (Lipinski definition) is 0. The summed E-state index contributed by atoms with van der Waals surface area (Å²) < 4.78 is 0. The third-order valence-corrected chi connectivity index (χ3v) is 1.58. The molecular weight excluding hydrogens is 110 g/mol. The molecule has 0 aliphatic rings. The van der Waals surface area contributed by atoms with Crippen LogP contribution in [0.2, 0.25) is 0 Å². The Hall–Kier alpha value is -0.510. The maximum absolute atomic E-state index is 8.50. The highest BCUT2D eigenvalue weighted by atomic mass is 14.3. The van der Waals surface area contributed by atoms with Crippen LogP contribution in [-0.4, -0.2) is 0 Å². The zero-order valence-corrected chi connectivity index (χ0v) is 6.35. The van der Waals surface area contributed by atoms with Crippen molar-refractivity contribution >= 4 is 0 Å². The van der Waals surface area contributed by atoms with Gasteiger partial charge in [-0.2, -0.15) is 5.26 Å². The summed E-state index contributed by atoms with van der Waals surface area (Å²) >= 11 is 0. The van der Waals surface area contributed by atoms with E-state index in [1.165, 1.54) is 12.8 Å². The van der Waals surface area contributed by atoms with Crippen molar-refractivity contribution in [2.24, 2.45) is 5.92 Å². The average Bonchev–Trinajstić information content (AvgIpc) is 1.91. The first-order valence-corrected chi connectivity index (χ1v) is 3.74. The van der Waals surface area contributed by atoms with Crippen LogP contribution in [0.1, 0.15) is 39.5 Å². The van der Waals surface area contributed by atoms with Crippen LogP contribution in [0.25, 0.3) is 0 Å². The zero-order valence-electron chi connectivity index (χ0n) is 6.35. The highest BCUT2D eigenvalue weighted by Crippen LogP contribution is 2.09. The molecule has 0 aromatic carbocycles. The number of unbranched alkanes of at least 4 members (excludes halogenated alkanes) is 1. The van der Waals surface area contributed by atoms with Gasteiger partial charge in [-0.25, -0.2) is 0 Å². The Morgan fingerprint density at radius 2 is 2.11 bits per heavy atom. The molecule has 0 rings (SSSR count). The van der Waals surface area contributed by atoms with E-state index in [4.69, 9.17) is 5.26 Å². The first kappa shape index (κ1) is 8.49. The van der Waals surface area contributed by atoms with Crippen molar-refractivity contribution in [1.29, 1.82) is 5.26 Å². The van der Waals surface area contributed by atoms with Crippen LogP contribution in [0.3, 0.4) is 0 Å². The van der Waals surface area contributed by atoms with E-state index >= 15 is 0 Å². The van der Waals surface area contributed by atoms with Crippen molar-refractivity contribution in [1.82, 2.24) is 0 Å². The monoisotopic (exact) mass is 125 g/mol. The van der Waals surface area contributed by atoms with E-state index in [1.54, 1.807) is 0 Å². The third-order valence-electron chi connectivity index (χ3n) is 1.58. The molecule has 0 unspecified atom stereocenters. The van der Waals surface area contributed by atoms with E-state index < -0.39 is 0 Å². The Morgan fingerprint density at radius 3 is 2.44 bits per heavy atom. The van der Waals surface area contributed by atoms with Gasteiger partial charge in [0.1, 0.15) is 0 Å². The fraction of sp³-hybridized carbons (Fsp3) is 0.875. The summed E-state index contributed by atoms with van der Waals surface area (Å²) in [4.78, 5) is 0. The second-order valence-electron chi connectivity index (χ2n) is 2.38. The van der Waals surface area contributed by atoms with E-state index in [0.29, 0.717) is 5.92 Å². The molecule has 1 heteroatoms. The van der Waals surface area contributed by atoms with Crippen molar-refractivity contribution in [3.63, 3.8) is 0 Å². The largest absolute Gasteiger partial charge is 0.198 e. The first-order valence-electron chi connectivity index (χ1n) is 3.74. The summed E-state index contributed by atoms with van der Waals surface area (Å²) in [6, 6.07) is 2.29. The average molecular weight is 125 g/mol.